The van der Waals surface area contributed by atoms with Crippen LogP contribution in [0.5, 0.6) is 0 Å². The summed E-state index contributed by atoms with van der Waals surface area (Å²) >= 11 is 0. The first kappa shape index (κ1) is 20.1. The number of unbranched alkanes of at least 4 members (excludes halogenated alkanes) is 2. The van der Waals surface area contributed by atoms with Crippen LogP contribution >= 0.6 is 0 Å². The summed E-state index contributed by atoms with van der Waals surface area (Å²) in [5, 5.41) is 6.38. The number of rotatable bonds is 12. The van der Waals surface area contributed by atoms with E-state index in [0.29, 0.717) is 13.1 Å². The fraction of sp³-hybridized carbons (Fsp3) is 1.00. The molecule has 0 radical (unpaired) electrons. The first-order valence-corrected chi connectivity index (χ1v) is 7.05. The Labute approximate surface area is 112 Å². The highest BCUT2D eigenvalue weighted by Gasteiger charge is 1.87. The lowest BCUT2D eigenvalue weighted by molar-refractivity contribution is 0.595. The molecule has 6 heteroatoms. The van der Waals surface area contributed by atoms with Gasteiger partial charge in [-0.05, 0) is 51.9 Å². The van der Waals surface area contributed by atoms with Crippen LogP contribution in [-0.2, 0) is 0 Å². The highest BCUT2D eigenvalue weighted by atomic mass is 14.9. The van der Waals surface area contributed by atoms with Crippen LogP contribution < -0.4 is 33.6 Å². The monoisotopic (exact) mass is 262 g/mol. The molecule has 0 saturated carbocycles. The van der Waals surface area contributed by atoms with E-state index < -0.39 is 0 Å². The summed E-state index contributed by atoms with van der Waals surface area (Å²) in [7, 11) is 0. The molecule has 6 nitrogen and oxygen atoms in total. The molecule has 18 heavy (non-hydrogen) atoms. The molecule has 0 heterocycles. The molecule has 0 fully saturated rings. The van der Waals surface area contributed by atoms with Gasteiger partial charge in [-0.1, -0.05) is 0 Å². The van der Waals surface area contributed by atoms with Gasteiger partial charge in [0, 0.05) is 26.2 Å². The van der Waals surface area contributed by atoms with E-state index in [9.17, 15) is 0 Å². The van der Waals surface area contributed by atoms with E-state index in [2.05, 4.69) is 10.6 Å². The molecule has 0 spiro atoms. The topological polar surface area (TPSA) is 128 Å². The third kappa shape index (κ3) is 24.8. The summed E-state index contributed by atoms with van der Waals surface area (Å²) < 4.78 is 0. The van der Waals surface area contributed by atoms with Gasteiger partial charge in [0.25, 0.3) is 0 Å². The van der Waals surface area contributed by atoms with E-state index in [1.54, 1.807) is 0 Å². The van der Waals surface area contributed by atoms with Crippen LogP contribution in [0.2, 0.25) is 0 Å². The van der Waals surface area contributed by atoms with Crippen LogP contribution in [0.25, 0.3) is 0 Å². The van der Waals surface area contributed by atoms with Gasteiger partial charge in [0.2, 0.25) is 0 Å². The Morgan fingerprint density at radius 3 is 1.17 bits per heavy atom. The van der Waals surface area contributed by atoms with Crippen molar-refractivity contribution in [1.29, 1.82) is 0 Å². The minimum Gasteiger partial charge on any atom is -0.330 e. The third-order valence-electron chi connectivity index (χ3n) is 2.26. The molecule has 0 aromatic carbocycles. The Balaban J connectivity index is 0. The van der Waals surface area contributed by atoms with E-state index in [-0.39, 0.29) is 0 Å². The molecule has 0 atom stereocenters. The molecule has 0 aromatic rings. The Bertz CT molecular complexity index is 111. The lowest BCUT2D eigenvalue weighted by Gasteiger charge is -2.02. The zero-order valence-corrected chi connectivity index (χ0v) is 11.8. The van der Waals surface area contributed by atoms with Crippen molar-refractivity contribution in [1.82, 2.24) is 10.6 Å². The second-order valence-electron chi connectivity index (χ2n) is 4.07. The van der Waals surface area contributed by atoms with E-state index in [1.165, 1.54) is 12.8 Å². The predicted octanol–water partition coefficient (Wildman–Crippen LogP) is -1.45. The van der Waals surface area contributed by atoms with Gasteiger partial charge in [-0.15, -0.1) is 0 Å². The first-order chi connectivity index (χ1) is 8.83. The summed E-state index contributed by atoms with van der Waals surface area (Å²) in [6.07, 6.45) is 4.64. The van der Waals surface area contributed by atoms with E-state index in [0.717, 1.165) is 52.1 Å². The Morgan fingerprint density at radius 1 is 0.444 bits per heavy atom. The van der Waals surface area contributed by atoms with Crippen molar-refractivity contribution in [2.75, 3.05) is 52.4 Å². The quantitative estimate of drug-likeness (QED) is 0.239. The van der Waals surface area contributed by atoms with Crippen molar-refractivity contribution in [3.8, 4) is 0 Å². The highest BCUT2D eigenvalue weighted by molar-refractivity contribution is 4.49. The maximum absolute atomic E-state index is 5.35. The fourth-order valence-electron chi connectivity index (χ4n) is 1.24. The Morgan fingerprint density at radius 2 is 0.833 bits per heavy atom. The molecule has 0 unspecified atom stereocenters. The molecule has 0 rings (SSSR count). The smallest absolute Gasteiger partial charge is 0.00750 e. The summed E-state index contributed by atoms with van der Waals surface area (Å²) in [4.78, 5) is 0. The Kier molecular flexibility index (Phi) is 24.5. The largest absolute Gasteiger partial charge is 0.330 e. The average molecular weight is 262 g/mol. The third-order valence-corrected chi connectivity index (χ3v) is 2.26. The summed E-state index contributed by atoms with van der Waals surface area (Å²) in [6, 6.07) is 0. The predicted molar refractivity (Wildman–Crippen MR) is 80.4 cm³/mol. The lowest BCUT2D eigenvalue weighted by atomic mass is 10.3. The van der Waals surface area contributed by atoms with Crippen LogP contribution in [0.1, 0.15) is 25.7 Å². The summed E-state index contributed by atoms with van der Waals surface area (Å²) in [6.45, 7) is 6.95. The highest BCUT2D eigenvalue weighted by Crippen LogP contribution is 1.85. The summed E-state index contributed by atoms with van der Waals surface area (Å²) in [5.74, 6) is 0. The van der Waals surface area contributed by atoms with E-state index in [1.807, 2.05) is 0 Å². The van der Waals surface area contributed by atoms with Crippen LogP contribution in [0.15, 0.2) is 0 Å². The fourth-order valence-corrected chi connectivity index (χ4v) is 1.24. The van der Waals surface area contributed by atoms with Gasteiger partial charge in [-0.25, -0.2) is 0 Å². The van der Waals surface area contributed by atoms with Gasteiger partial charge >= 0.3 is 0 Å². The normalized spacial score (nSPS) is 10.0. The van der Waals surface area contributed by atoms with E-state index >= 15 is 0 Å². The standard InChI is InChI=1S/C8H21N3.C4H13N3/c9-5-1-3-7-11-8-4-2-6-10;5-1-3-7-4-2-6/h11H,1-10H2;7H,1-6H2. The van der Waals surface area contributed by atoms with Gasteiger partial charge in [-0.2, -0.15) is 0 Å². The van der Waals surface area contributed by atoms with E-state index in [4.69, 9.17) is 22.9 Å². The maximum Gasteiger partial charge on any atom is 0.00750 e. The number of hydrogen-bond donors (Lipinski definition) is 6. The number of hydrogen-bond acceptors (Lipinski definition) is 6. The molecule has 112 valence electrons. The lowest BCUT2D eigenvalue weighted by Crippen LogP contribution is -2.27. The molecule has 10 N–H and O–H groups in total. The van der Waals surface area contributed by atoms with Crippen molar-refractivity contribution in [3.63, 3.8) is 0 Å². The molecule has 0 aliphatic carbocycles. The summed E-state index contributed by atoms with van der Waals surface area (Å²) in [5.41, 5.74) is 21.0. The zero-order valence-electron chi connectivity index (χ0n) is 11.8. The number of nitrogens with one attached hydrogen (secondary N) is 2. The van der Waals surface area contributed by atoms with Crippen molar-refractivity contribution in [3.05, 3.63) is 0 Å². The van der Waals surface area contributed by atoms with Crippen LogP contribution in [-0.4, -0.2) is 52.4 Å². The van der Waals surface area contributed by atoms with Crippen molar-refractivity contribution < 1.29 is 0 Å². The van der Waals surface area contributed by atoms with Gasteiger partial charge in [0.05, 0.1) is 0 Å². The molecule has 0 aliphatic rings. The van der Waals surface area contributed by atoms with Gasteiger partial charge < -0.3 is 33.6 Å². The minimum atomic E-state index is 0.694. The average Bonchev–Trinajstić information content (AvgIpc) is 2.39. The van der Waals surface area contributed by atoms with Crippen LogP contribution in [0, 0.1) is 0 Å². The SMILES string of the molecule is NCCCCNCCCCN.NCCNCCN. The number of nitrogens with two attached hydrogens (primary N) is 4. The molecule has 0 amide bonds. The molecular formula is C12H34N6. The minimum absolute atomic E-state index is 0.694. The molecular weight excluding hydrogens is 228 g/mol. The second kappa shape index (κ2) is 22.0. The molecule has 0 saturated heterocycles. The van der Waals surface area contributed by atoms with Crippen molar-refractivity contribution in [2.45, 2.75) is 25.7 Å². The Hall–Kier alpha value is -0.240. The van der Waals surface area contributed by atoms with Crippen molar-refractivity contribution in [2.24, 2.45) is 22.9 Å². The van der Waals surface area contributed by atoms with Gasteiger partial charge in [-0.3, -0.25) is 0 Å². The first-order valence-electron chi connectivity index (χ1n) is 7.05. The van der Waals surface area contributed by atoms with Crippen LogP contribution in [0.4, 0.5) is 0 Å². The molecule has 0 aliphatic heterocycles. The van der Waals surface area contributed by atoms with Crippen LogP contribution in [0.3, 0.4) is 0 Å². The second-order valence-corrected chi connectivity index (χ2v) is 4.07. The van der Waals surface area contributed by atoms with Gasteiger partial charge in [0.1, 0.15) is 0 Å². The van der Waals surface area contributed by atoms with Crippen molar-refractivity contribution >= 4 is 0 Å². The van der Waals surface area contributed by atoms with Gasteiger partial charge in [0.15, 0.2) is 0 Å². The zero-order chi connectivity index (χ0) is 13.9. The molecule has 0 bridgehead atoms. The molecule has 0 aromatic heterocycles. The maximum atomic E-state index is 5.35.